The van der Waals surface area contributed by atoms with Gasteiger partial charge in [-0.2, -0.15) is 0 Å². The van der Waals surface area contributed by atoms with E-state index < -0.39 is 8.07 Å². The average Bonchev–Trinajstić information content (AvgIpc) is 4.15. The van der Waals surface area contributed by atoms with E-state index in [-0.39, 0.29) is 0 Å². The normalized spacial score (nSPS) is 15.0. The molecule has 0 amide bonds. The third-order valence-electron chi connectivity index (χ3n) is 16.5. The lowest BCUT2D eigenvalue weighted by molar-refractivity contribution is 0.469. The second-order valence-electron chi connectivity index (χ2n) is 21.8. The minimum atomic E-state index is -2.18. The first kappa shape index (κ1) is 52.9. The van der Waals surface area contributed by atoms with Crippen molar-refractivity contribution in [2.45, 2.75) is 170 Å². The molecule has 0 spiro atoms. The highest BCUT2D eigenvalue weighted by Gasteiger charge is 2.47. The summed E-state index contributed by atoms with van der Waals surface area (Å²) in [5.41, 5.74) is 17.0. The molecule has 0 saturated carbocycles. The lowest BCUT2D eigenvalue weighted by atomic mass is 9.98. The Labute approximate surface area is 449 Å². The Morgan fingerprint density at radius 3 is 1.37 bits per heavy atom. The van der Waals surface area contributed by atoms with Crippen molar-refractivity contribution in [3.05, 3.63) is 143 Å². The van der Waals surface area contributed by atoms with Crippen molar-refractivity contribution >= 4 is 52.2 Å². The van der Waals surface area contributed by atoms with E-state index in [0.717, 1.165) is 69.4 Å². The van der Waals surface area contributed by atoms with Gasteiger partial charge in [0, 0.05) is 41.8 Å². The van der Waals surface area contributed by atoms with Crippen LogP contribution in [0.1, 0.15) is 153 Å². The first-order valence-electron chi connectivity index (χ1n) is 28.7. The van der Waals surface area contributed by atoms with Gasteiger partial charge in [0.25, 0.3) is 0 Å². The maximum absolute atomic E-state index is 5.83. The molecule has 1 aliphatic heterocycles. The molecule has 4 heterocycles. The van der Waals surface area contributed by atoms with Crippen LogP contribution < -0.4 is 10.4 Å². The van der Waals surface area contributed by atoms with Gasteiger partial charge in [0.05, 0.1) is 22.4 Å². The van der Waals surface area contributed by atoms with E-state index in [4.69, 9.17) is 9.97 Å². The predicted octanol–water partition coefficient (Wildman–Crippen LogP) is 20.1. The molecule has 2 unspecified atom stereocenters. The zero-order valence-corrected chi connectivity index (χ0v) is 48.3. The summed E-state index contributed by atoms with van der Waals surface area (Å²) >= 11 is 3.77. The number of hydrogen-bond acceptors (Lipinski definition) is 4. The maximum atomic E-state index is 5.83. The Balaban J connectivity index is 1.19. The number of hydrogen-bond donors (Lipinski definition) is 0. The molecular formula is C68H82N2S2Si. The number of unbranched alkanes of at least 4 members (excludes halogenated alkanes) is 6. The van der Waals surface area contributed by atoms with Gasteiger partial charge in [0.2, 0.25) is 0 Å². The van der Waals surface area contributed by atoms with Crippen LogP contribution in [0.3, 0.4) is 0 Å². The van der Waals surface area contributed by atoms with Crippen molar-refractivity contribution < 1.29 is 0 Å². The molecule has 0 radical (unpaired) electrons. The maximum Gasteiger partial charge on any atom is 0.120 e. The third-order valence-corrected chi connectivity index (χ3v) is 24.1. The van der Waals surface area contributed by atoms with Gasteiger partial charge in [0.1, 0.15) is 8.07 Å². The Morgan fingerprint density at radius 2 is 0.877 bits per heavy atom. The van der Waals surface area contributed by atoms with Gasteiger partial charge in [0.15, 0.2) is 0 Å². The van der Waals surface area contributed by atoms with Gasteiger partial charge in [-0.15, -0.1) is 22.7 Å². The number of thiophene rings is 2. The highest BCUT2D eigenvalue weighted by atomic mass is 32.1. The second kappa shape index (κ2) is 24.6. The Morgan fingerprint density at radius 1 is 0.425 bits per heavy atom. The van der Waals surface area contributed by atoms with Crippen LogP contribution >= 0.6 is 22.7 Å². The van der Waals surface area contributed by atoms with Crippen LogP contribution in [0.2, 0.25) is 12.1 Å². The fourth-order valence-corrected chi connectivity index (χ4v) is 20.7. The SMILES string of the molecule is CCCCCc1ccc(-c2nc3c(-c4ccc(C)s4)ccc(-c4ccc(-c5ccc6c(c5)[Si](CC(CC)CCCC)(CC(CC)CCCC)c5cc(C)ccc5-6)s4)c3nc2-c2ccc(CCCCC)cc2)cc1. The fourth-order valence-electron chi connectivity index (χ4n) is 12.1. The van der Waals surface area contributed by atoms with Crippen LogP contribution in [0.15, 0.2) is 121 Å². The molecule has 2 nitrogen and oxygen atoms in total. The average molecular weight is 1020 g/mol. The monoisotopic (exact) mass is 1020 g/mol. The van der Waals surface area contributed by atoms with E-state index in [1.165, 1.54) is 155 Å². The number of nitrogens with zero attached hydrogens (tertiary/aromatic N) is 2. The van der Waals surface area contributed by atoms with Crippen LogP contribution in [0.4, 0.5) is 0 Å². The fraction of sp³-hybridized carbons (Fsp3) is 0.412. The van der Waals surface area contributed by atoms with E-state index in [1.807, 2.05) is 22.7 Å². The Bertz CT molecular complexity index is 3060. The second-order valence-corrected chi connectivity index (χ2v) is 28.2. The van der Waals surface area contributed by atoms with Crippen LogP contribution in [-0.4, -0.2) is 18.0 Å². The summed E-state index contributed by atoms with van der Waals surface area (Å²) in [4.78, 5) is 16.7. The van der Waals surface area contributed by atoms with Crippen molar-refractivity contribution in [2.75, 3.05) is 0 Å². The minimum absolute atomic E-state index is 0.756. The number of benzene rings is 5. The summed E-state index contributed by atoms with van der Waals surface area (Å²) in [5, 5.41) is 3.44. The van der Waals surface area contributed by atoms with Gasteiger partial charge < -0.3 is 0 Å². The summed E-state index contributed by atoms with van der Waals surface area (Å²) < 4.78 is 0. The van der Waals surface area contributed by atoms with Crippen molar-refractivity contribution in [3.63, 3.8) is 0 Å². The number of aromatic nitrogens is 2. The highest BCUT2D eigenvalue weighted by molar-refractivity contribution is 7.19. The molecule has 3 aromatic heterocycles. The molecule has 9 rings (SSSR count). The molecule has 0 bridgehead atoms. The molecule has 2 atom stereocenters. The topological polar surface area (TPSA) is 25.8 Å². The lowest BCUT2D eigenvalue weighted by Gasteiger charge is -2.37. The first-order valence-corrected chi connectivity index (χ1v) is 32.7. The molecule has 73 heavy (non-hydrogen) atoms. The van der Waals surface area contributed by atoms with Crippen molar-refractivity contribution in [2.24, 2.45) is 11.8 Å². The Hall–Kier alpha value is -4.94. The van der Waals surface area contributed by atoms with E-state index in [9.17, 15) is 0 Å². The first-order chi connectivity index (χ1) is 35.7. The lowest BCUT2D eigenvalue weighted by Crippen LogP contribution is -2.57. The predicted molar refractivity (Wildman–Crippen MR) is 325 cm³/mol. The van der Waals surface area contributed by atoms with E-state index in [2.05, 4.69) is 177 Å². The molecule has 0 aliphatic carbocycles. The summed E-state index contributed by atoms with van der Waals surface area (Å²) in [7, 11) is -2.18. The number of rotatable bonds is 25. The van der Waals surface area contributed by atoms with E-state index >= 15 is 0 Å². The highest BCUT2D eigenvalue weighted by Crippen LogP contribution is 2.45. The van der Waals surface area contributed by atoms with Gasteiger partial charge >= 0.3 is 0 Å². The molecule has 5 aromatic carbocycles. The number of aryl methyl sites for hydroxylation is 4. The summed E-state index contributed by atoms with van der Waals surface area (Å²) in [5.74, 6) is 1.51. The Kier molecular flexibility index (Phi) is 17.8. The largest absolute Gasteiger partial charge is 0.243 e. The molecule has 0 fully saturated rings. The van der Waals surface area contributed by atoms with Crippen LogP contribution in [0.25, 0.3) is 76.0 Å². The molecule has 5 heteroatoms. The summed E-state index contributed by atoms with van der Waals surface area (Å²) in [6, 6.07) is 50.3. The van der Waals surface area contributed by atoms with E-state index in [0.29, 0.717) is 0 Å². The summed E-state index contributed by atoms with van der Waals surface area (Å²) in [6.07, 6.45) is 20.1. The van der Waals surface area contributed by atoms with Crippen molar-refractivity contribution in [1.29, 1.82) is 0 Å². The molecular weight excluding hydrogens is 937 g/mol. The van der Waals surface area contributed by atoms with Crippen LogP contribution in [0.5, 0.6) is 0 Å². The number of fused-ring (bicyclic) bond motifs is 4. The molecule has 380 valence electrons. The molecule has 1 aliphatic rings. The quantitative estimate of drug-likeness (QED) is 0.0421. The standard InChI is InChI=1S/C68H82N2S2Si/c1-9-15-19-23-51-27-31-53(32-28-51)65-66(54-33-29-52(30-34-54)24-20-16-10-2)70-68-59(39-38-58(67(68)69-65)61-40-26-48(8)71-61)62-42-41-60(72-62)55-35-37-57-56-36-25-47(7)43-63(56)73(64(57)44-55,45-49(13-5)21-17-11-3)46-50(14-6)22-18-12-4/h25-44,49-50H,9-24,45-46H2,1-8H3. The van der Waals surface area contributed by atoms with Crippen molar-refractivity contribution in [1.82, 2.24) is 9.97 Å². The molecule has 0 N–H and O–H groups in total. The van der Waals surface area contributed by atoms with Crippen molar-refractivity contribution in [3.8, 4) is 65.0 Å². The van der Waals surface area contributed by atoms with E-state index in [1.54, 1.807) is 10.4 Å². The zero-order valence-electron chi connectivity index (χ0n) is 45.6. The summed E-state index contributed by atoms with van der Waals surface area (Å²) in [6.45, 7) is 18.8. The smallest absolute Gasteiger partial charge is 0.120 e. The van der Waals surface area contributed by atoms with Crippen LogP contribution in [0, 0.1) is 25.7 Å². The van der Waals surface area contributed by atoms with Gasteiger partial charge in [-0.05, 0) is 126 Å². The molecule has 8 aromatic rings. The van der Waals surface area contributed by atoms with Gasteiger partial charge in [-0.3, -0.25) is 0 Å². The van der Waals surface area contributed by atoms with Gasteiger partial charge in [-0.1, -0.05) is 221 Å². The van der Waals surface area contributed by atoms with Crippen LogP contribution in [-0.2, 0) is 12.8 Å². The van der Waals surface area contributed by atoms with Gasteiger partial charge in [-0.25, -0.2) is 9.97 Å². The third kappa shape index (κ3) is 11.7. The molecule has 0 saturated heterocycles. The zero-order chi connectivity index (χ0) is 50.9. The minimum Gasteiger partial charge on any atom is -0.243 e.